The Kier molecular flexibility index (Phi) is 3.91. The molecule has 29 heavy (non-hydrogen) atoms. The zero-order valence-corrected chi connectivity index (χ0v) is 15.8. The Morgan fingerprint density at radius 2 is 1.76 bits per heavy atom. The first-order valence-electron chi connectivity index (χ1n) is 9.34. The van der Waals surface area contributed by atoms with Gasteiger partial charge in [-0.3, -0.25) is 14.5 Å². The molecule has 0 atom stereocenters. The van der Waals surface area contributed by atoms with Crippen LogP contribution in [0.25, 0.3) is 22.2 Å². The fourth-order valence-corrected chi connectivity index (χ4v) is 3.80. The number of hydrogen-bond acceptors (Lipinski definition) is 3. The van der Waals surface area contributed by atoms with Gasteiger partial charge in [-0.1, -0.05) is 30.3 Å². The van der Waals surface area contributed by atoms with E-state index in [4.69, 9.17) is 0 Å². The number of nitrogens with one attached hydrogen (secondary N) is 1. The van der Waals surface area contributed by atoms with Gasteiger partial charge in [0.1, 0.15) is 12.2 Å². The van der Waals surface area contributed by atoms with E-state index in [0.29, 0.717) is 17.1 Å². The van der Waals surface area contributed by atoms with Crippen molar-refractivity contribution >= 4 is 39.6 Å². The van der Waals surface area contributed by atoms with Crippen LogP contribution in [0.2, 0.25) is 0 Å². The monoisotopic (exact) mass is 382 g/mol. The predicted octanol–water partition coefficient (Wildman–Crippen LogP) is 4.25. The van der Waals surface area contributed by atoms with Gasteiger partial charge in [0, 0.05) is 36.1 Å². The van der Waals surface area contributed by atoms with Gasteiger partial charge in [0.05, 0.1) is 11.4 Å². The number of rotatable bonds is 2. The molecule has 0 radical (unpaired) electrons. The highest BCUT2D eigenvalue weighted by molar-refractivity contribution is 6.21. The first-order valence-corrected chi connectivity index (χ1v) is 9.34. The second kappa shape index (κ2) is 6.60. The van der Waals surface area contributed by atoms with Crippen LogP contribution in [0, 0.1) is 0 Å². The molecule has 0 bridgehead atoms. The Morgan fingerprint density at radius 1 is 0.966 bits per heavy atom. The van der Waals surface area contributed by atoms with Crippen molar-refractivity contribution in [2.45, 2.75) is 6.42 Å². The quantitative estimate of drug-likeness (QED) is 0.527. The highest BCUT2D eigenvalue weighted by Crippen LogP contribution is 2.40. The average Bonchev–Trinajstić information content (AvgIpc) is 3.10. The van der Waals surface area contributed by atoms with Gasteiger partial charge in [-0.15, -0.1) is 0 Å². The van der Waals surface area contributed by atoms with Crippen LogP contribution in [0.3, 0.4) is 0 Å². The standard InChI is InChI=1S/C23H18N4O2/c1-26-13-12-24-23(26)16-6-9-17(10-7-16)27-19-11-8-15-4-2-3-5-18(15)22(19)25-20(28)14-21(27)29/h2-13H,14H2,1H3,(H,25,28). The fourth-order valence-electron chi connectivity index (χ4n) is 3.80. The van der Waals surface area contributed by atoms with E-state index in [1.165, 1.54) is 0 Å². The lowest BCUT2D eigenvalue weighted by atomic mass is 10.1. The van der Waals surface area contributed by atoms with Crippen molar-refractivity contribution in [3.05, 3.63) is 73.1 Å². The molecule has 4 aromatic rings. The van der Waals surface area contributed by atoms with Gasteiger partial charge >= 0.3 is 0 Å². The number of anilines is 3. The molecule has 0 saturated carbocycles. The van der Waals surface area contributed by atoms with Gasteiger partial charge in [0.15, 0.2) is 0 Å². The molecule has 1 aliphatic heterocycles. The number of aromatic nitrogens is 2. The summed E-state index contributed by atoms with van der Waals surface area (Å²) in [5, 5.41) is 4.83. The molecule has 1 N–H and O–H groups in total. The van der Waals surface area contributed by atoms with Crippen molar-refractivity contribution in [3.8, 4) is 11.4 Å². The first kappa shape index (κ1) is 17.2. The van der Waals surface area contributed by atoms with Gasteiger partial charge < -0.3 is 9.88 Å². The molecule has 0 aliphatic carbocycles. The lowest BCUT2D eigenvalue weighted by molar-refractivity contribution is -0.124. The second-order valence-corrected chi connectivity index (χ2v) is 7.04. The van der Waals surface area contributed by atoms with Crippen molar-refractivity contribution in [2.24, 2.45) is 7.05 Å². The smallest absolute Gasteiger partial charge is 0.241 e. The zero-order valence-electron chi connectivity index (χ0n) is 15.8. The number of carbonyl (C=O) groups is 2. The van der Waals surface area contributed by atoms with Crippen LogP contribution in [-0.2, 0) is 16.6 Å². The Bertz CT molecular complexity index is 1260. The van der Waals surface area contributed by atoms with Crippen LogP contribution < -0.4 is 10.2 Å². The summed E-state index contributed by atoms with van der Waals surface area (Å²) in [6, 6.07) is 19.3. The minimum atomic E-state index is -0.306. The minimum Gasteiger partial charge on any atom is -0.334 e. The van der Waals surface area contributed by atoms with Crippen LogP contribution in [-0.4, -0.2) is 21.4 Å². The van der Waals surface area contributed by atoms with Crippen LogP contribution in [0.5, 0.6) is 0 Å². The molecule has 0 saturated heterocycles. The number of aryl methyl sites for hydroxylation is 1. The Balaban J connectivity index is 1.65. The summed E-state index contributed by atoms with van der Waals surface area (Å²) in [6.07, 6.45) is 3.44. The second-order valence-electron chi connectivity index (χ2n) is 7.04. The molecule has 0 unspecified atom stereocenters. The molecular formula is C23H18N4O2. The van der Waals surface area contributed by atoms with Gasteiger partial charge in [-0.25, -0.2) is 4.98 Å². The maximum atomic E-state index is 12.9. The predicted molar refractivity (Wildman–Crippen MR) is 113 cm³/mol. The molecule has 0 spiro atoms. The number of nitrogens with zero attached hydrogens (tertiary/aromatic N) is 3. The van der Waals surface area contributed by atoms with Crippen molar-refractivity contribution in [3.63, 3.8) is 0 Å². The molecule has 6 nitrogen and oxygen atoms in total. The van der Waals surface area contributed by atoms with E-state index in [1.54, 1.807) is 11.1 Å². The number of hydrogen-bond donors (Lipinski definition) is 1. The summed E-state index contributed by atoms with van der Waals surface area (Å²) >= 11 is 0. The third-order valence-corrected chi connectivity index (χ3v) is 5.18. The van der Waals surface area contributed by atoms with Crippen molar-refractivity contribution < 1.29 is 9.59 Å². The van der Waals surface area contributed by atoms with Crippen LogP contribution in [0.15, 0.2) is 73.1 Å². The molecule has 1 aromatic heterocycles. The number of carbonyl (C=O) groups excluding carboxylic acids is 2. The Hall–Kier alpha value is -3.93. The van der Waals surface area contributed by atoms with Crippen LogP contribution in [0.1, 0.15) is 6.42 Å². The van der Waals surface area contributed by atoms with Gasteiger partial charge in [0.25, 0.3) is 0 Å². The SMILES string of the molecule is Cn1ccnc1-c1ccc(N2C(=O)CC(=O)Nc3c2ccc2ccccc32)cc1. The molecule has 142 valence electrons. The average molecular weight is 382 g/mol. The topological polar surface area (TPSA) is 67.2 Å². The highest BCUT2D eigenvalue weighted by atomic mass is 16.2. The summed E-state index contributed by atoms with van der Waals surface area (Å²) in [7, 11) is 1.94. The molecule has 3 aromatic carbocycles. The van der Waals surface area contributed by atoms with Crippen molar-refractivity contribution in [1.82, 2.24) is 9.55 Å². The Morgan fingerprint density at radius 3 is 2.52 bits per heavy atom. The molecule has 2 heterocycles. The first-order chi connectivity index (χ1) is 14.1. The molecule has 2 amide bonds. The van der Waals surface area contributed by atoms with Crippen LogP contribution >= 0.6 is 0 Å². The molecule has 5 rings (SSSR count). The van der Waals surface area contributed by atoms with E-state index < -0.39 is 0 Å². The zero-order chi connectivity index (χ0) is 20.0. The molecule has 0 fully saturated rings. The fraction of sp³-hybridized carbons (Fsp3) is 0.0870. The van der Waals surface area contributed by atoms with E-state index in [9.17, 15) is 9.59 Å². The van der Waals surface area contributed by atoms with Crippen molar-refractivity contribution in [2.75, 3.05) is 10.2 Å². The number of amides is 2. The third kappa shape index (κ3) is 2.86. The molecule has 1 aliphatic rings. The Labute approximate surface area is 167 Å². The minimum absolute atomic E-state index is 0.204. The van der Waals surface area contributed by atoms with Gasteiger partial charge in [-0.2, -0.15) is 0 Å². The summed E-state index contributed by atoms with van der Waals surface area (Å²) in [5.74, 6) is 0.281. The van der Waals surface area contributed by atoms with E-state index in [-0.39, 0.29) is 18.2 Å². The maximum Gasteiger partial charge on any atom is 0.241 e. The van der Waals surface area contributed by atoms with E-state index >= 15 is 0 Å². The van der Waals surface area contributed by atoms with Gasteiger partial charge in [0.2, 0.25) is 11.8 Å². The molecule has 6 heteroatoms. The third-order valence-electron chi connectivity index (χ3n) is 5.18. The summed E-state index contributed by atoms with van der Waals surface area (Å²) < 4.78 is 1.94. The number of benzene rings is 3. The lowest BCUT2D eigenvalue weighted by Gasteiger charge is -2.23. The van der Waals surface area contributed by atoms with Crippen molar-refractivity contribution in [1.29, 1.82) is 0 Å². The largest absolute Gasteiger partial charge is 0.334 e. The van der Waals surface area contributed by atoms with Crippen LogP contribution in [0.4, 0.5) is 17.1 Å². The lowest BCUT2D eigenvalue weighted by Crippen LogP contribution is -2.26. The summed E-state index contributed by atoms with van der Waals surface area (Å²) in [4.78, 5) is 31.3. The normalized spacial score (nSPS) is 13.9. The number of fused-ring (bicyclic) bond motifs is 3. The van der Waals surface area contributed by atoms with E-state index in [0.717, 1.165) is 22.2 Å². The van der Waals surface area contributed by atoms with Gasteiger partial charge in [-0.05, 0) is 35.7 Å². The highest BCUT2D eigenvalue weighted by Gasteiger charge is 2.28. The molecular weight excluding hydrogens is 364 g/mol. The summed E-state index contributed by atoms with van der Waals surface area (Å²) in [6.45, 7) is 0. The number of imidazole rings is 1. The van der Waals surface area contributed by atoms with E-state index in [1.807, 2.05) is 78.5 Å². The maximum absolute atomic E-state index is 12.9. The van der Waals surface area contributed by atoms with E-state index in [2.05, 4.69) is 10.3 Å². The summed E-state index contributed by atoms with van der Waals surface area (Å²) in [5.41, 5.74) is 2.99.